The predicted molar refractivity (Wildman–Crippen MR) is 209 cm³/mol. The molecule has 0 spiro atoms. The number of pyridine rings is 1. The van der Waals surface area contributed by atoms with Crippen LogP contribution in [0.3, 0.4) is 0 Å². The van der Waals surface area contributed by atoms with Crippen molar-refractivity contribution >= 4 is 22.8 Å². The largest absolute Gasteiger partial charge is 0.251 e. The Hall–Kier alpha value is -3.07. The van der Waals surface area contributed by atoms with E-state index in [0.29, 0.717) is 23.7 Å². The fourth-order valence-electron chi connectivity index (χ4n) is 9.88. The van der Waals surface area contributed by atoms with Crippen molar-refractivity contribution in [2.45, 2.75) is 173 Å². The molecule has 0 N–H and O–H groups in total. The summed E-state index contributed by atoms with van der Waals surface area (Å²) in [6.07, 6.45) is 26.6. The van der Waals surface area contributed by atoms with Gasteiger partial charge in [-0.3, -0.25) is 9.98 Å². The Morgan fingerprint density at radius 1 is 0.469 bits per heavy atom. The Morgan fingerprint density at radius 3 is 1.04 bits per heavy atom. The van der Waals surface area contributed by atoms with Gasteiger partial charge in [0, 0.05) is 0 Å². The number of rotatable bonds is 8. The molecule has 0 amide bonds. The van der Waals surface area contributed by atoms with Gasteiger partial charge in [-0.05, 0) is 136 Å². The second-order valence-corrected chi connectivity index (χ2v) is 16.2. The summed E-state index contributed by atoms with van der Waals surface area (Å²) >= 11 is 0. The second kappa shape index (κ2) is 16.3. The SMILES string of the molecule is CC(=Nc1c(C2CCCCC2)cccc1C1CCCCC1)c1cc(C)cc(C(C)=Nc2c(C3CCCCC3)cccc2C2CCCCC2)n1. The first-order chi connectivity index (χ1) is 24.0. The van der Waals surface area contributed by atoms with Crippen LogP contribution in [0.1, 0.15) is 205 Å². The number of aliphatic imine (C=N–C) groups is 2. The molecule has 2 aromatic carbocycles. The second-order valence-electron chi connectivity index (χ2n) is 16.2. The van der Waals surface area contributed by atoms with Crippen LogP contribution in [0.15, 0.2) is 58.5 Å². The van der Waals surface area contributed by atoms with E-state index in [4.69, 9.17) is 15.0 Å². The Labute approximate surface area is 297 Å². The van der Waals surface area contributed by atoms with Crippen molar-refractivity contribution in [3.8, 4) is 0 Å². The number of aromatic nitrogens is 1. The fraction of sp³-hybridized carbons (Fsp3) is 0.587. The first kappa shape index (κ1) is 34.4. The van der Waals surface area contributed by atoms with Gasteiger partial charge in [-0.15, -0.1) is 0 Å². The number of benzene rings is 2. The molecule has 7 rings (SSSR count). The summed E-state index contributed by atoms with van der Waals surface area (Å²) in [6.45, 7) is 6.60. The van der Waals surface area contributed by atoms with Gasteiger partial charge in [-0.25, -0.2) is 4.98 Å². The maximum atomic E-state index is 5.57. The zero-order chi connectivity index (χ0) is 33.6. The molecule has 0 radical (unpaired) electrons. The molecule has 4 fully saturated rings. The topological polar surface area (TPSA) is 37.6 Å². The molecule has 0 aliphatic heterocycles. The minimum Gasteiger partial charge on any atom is -0.251 e. The highest BCUT2D eigenvalue weighted by molar-refractivity contribution is 6.03. The molecule has 4 aliphatic rings. The van der Waals surface area contributed by atoms with Gasteiger partial charge < -0.3 is 0 Å². The minimum atomic E-state index is 0.627. The van der Waals surface area contributed by atoms with Crippen molar-refractivity contribution < 1.29 is 0 Å². The van der Waals surface area contributed by atoms with Gasteiger partial charge >= 0.3 is 0 Å². The Bertz CT molecular complexity index is 1430. The van der Waals surface area contributed by atoms with Crippen molar-refractivity contribution in [3.63, 3.8) is 0 Å². The van der Waals surface area contributed by atoms with E-state index in [1.54, 1.807) is 0 Å². The molecule has 49 heavy (non-hydrogen) atoms. The normalized spacial score (nSPS) is 21.3. The van der Waals surface area contributed by atoms with Gasteiger partial charge in [0.1, 0.15) is 0 Å². The maximum absolute atomic E-state index is 5.57. The molecule has 4 aliphatic carbocycles. The standard InChI is InChI=1S/C46H61N3/c1-32-30-43(33(2)47-45-39(35-18-8-4-9-19-35)26-16-27-40(45)36-20-10-5-11-21-36)49-44(31-32)34(3)48-46-41(37-22-12-6-13-23-37)28-17-29-42(46)38-24-14-7-15-25-38/h16-17,26-31,35-38H,4-15,18-25H2,1-3H3. The molecular weight excluding hydrogens is 595 g/mol. The average molecular weight is 656 g/mol. The van der Waals surface area contributed by atoms with Crippen molar-refractivity contribution in [1.82, 2.24) is 4.98 Å². The van der Waals surface area contributed by atoms with E-state index in [1.807, 2.05) is 0 Å². The molecule has 260 valence electrons. The summed E-state index contributed by atoms with van der Waals surface area (Å²) in [7, 11) is 0. The number of hydrogen-bond acceptors (Lipinski definition) is 3. The van der Waals surface area contributed by atoms with Crippen molar-refractivity contribution in [1.29, 1.82) is 0 Å². The zero-order valence-electron chi connectivity index (χ0n) is 30.9. The smallest absolute Gasteiger partial charge is 0.0852 e. The van der Waals surface area contributed by atoms with Gasteiger partial charge in [0.15, 0.2) is 0 Å². The van der Waals surface area contributed by atoms with Crippen LogP contribution in [0.25, 0.3) is 0 Å². The van der Waals surface area contributed by atoms with Gasteiger partial charge in [0.05, 0.1) is 34.2 Å². The first-order valence-corrected chi connectivity index (χ1v) is 20.4. The van der Waals surface area contributed by atoms with E-state index >= 15 is 0 Å². The third kappa shape index (κ3) is 8.13. The summed E-state index contributed by atoms with van der Waals surface area (Å²) in [6, 6.07) is 18.7. The van der Waals surface area contributed by atoms with E-state index in [1.165, 1.54) is 168 Å². The lowest BCUT2D eigenvalue weighted by molar-refractivity contribution is 0.436. The van der Waals surface area contributed by atoms with Crippen LogP contribution >= 0.6 is 0 Å². The molecule has 0 saturated heterocycles. The zero-order valence-corrected chi connectivity index (χ0v) is 30.9. The third-order valence-electron chi connectivity index (χ3n) is 12.6. The molecule has 4 saturated carbocycles. The summed E-state index contributed by atoms with van der Waals surface area (Å²) in [5.74, 6) is 2.51. The third-order valence-corrected chi connectivity index (χ3v) is 12.6. The lowest BCUT2D eigenvalue weighted by atomic mass is 9.78. The minimum absolute atomic E-state index is 0.627. The number of nitrogens with zero attached hydrogens (tertiary/aromatic N) is 3. The quantitative estimate of drug-likeness (QED) is 0.223. The van der Waals surface area contributed by atoms with E-state index in [9.17, 15) is 0 Å². The highest BCUT2D eigenvalue weighted by Crippen LogP contribution is 2.46. The van der Waals surface area contributed by atoms with Crippen LogP contribution < -0.4 is 0 Å². The highest BCUT2D eigenvalue weighted by atomic mass is 14.8. The number of para-hydroxylation sites is 2. The lowest BCUT2D eigenvalue weighted by Gasteiger charge is -2.28. The summed E-state index contributed by atoms with van der Waals surface area (Å²) in [5, 5.41) is 0. The van der Waals surface area contributed by atoms with Crippen molar-refractivity contribution in [2.75, 3.05) is 0 Å². The van der Waals surface area contributed by atoms with Crippen LogP contribution in [0.2, 0.25) is 0 Å². The Balaban J connectivity index is 1.27. The van der Waals surface area contributed by atoms with Crippen LogP contribution in [-0.4, -0.2) is 16.4 Å². The van der Waals surface area contributed by atoms with Gasteiger partial charge in [-0.2, -0.15) is 0 Å². The van der Waals surface area contributed by atoms with E-state index in [-0.39, 0.29) is 0 Å². The monoisotopic (exact) mass is 655 g/mol. The molecule has 0 bridgehead atoms. The predicted octanol–water partition coefficient (Wildman–Crippen LogP) is 13.9. The van der Waals surface area contributed by atoms with Crippen LogP contribution in [-0.2, 0) is 0 Å². The summed E-state index contributed by atoms with van der Waals surface area (Å²) in [5.41, 5.74) is 13.8. The Kier molecular flexibility index (Phi) is 11.4. The van der Waals surface area contributed by atoms with Crippen LogP contribution in [0.5, 0.6) is 0 Å². The molecule has 1 heterocycles. The molecule has 1 aromatic heterocycles. The first-order valence-electron chi connectivity index (χ1n) is 20.4. The fourth-order valence-corrected chi connectivity index (χ4v) is 9.88. The lowest BCUT2D eigenvalue weighted by Crippen LogP contribution is -2.11. The summed E-state index contributed by atoms with van der Waals surface area (Å²) in [4.78, 5) is 16.5. The van der Waals surface area contributed by atoms with Gasteiger partial charge in [0.2, 0.25) is 0 Å². The maximum Gasteiger partial charge on any atom is 0.0852 e. The van der Waals surface area contributed by atoms with Crippen LogP contribution in [0, 0.1) is 6.92 Å². The molecule has 0 atom stereocenters. The van der Waals surface area contributed by atoms with Crippen molar-refractivity contribution in [3.05, 3.63) is 87.7 Å². The van der Waals surface area contributed by atoms with E-state index in [2.05, 4.69) is 69.3 Å². The molecule has 3 nitrogen and oxygen atoms in total. The van der Waals surface area contributed by atoms with Gasteiger partial charge in [-0.1, -0.05) is 113 Å². The van der Waals surface area contributed by atoms with E-state index < -0.39 is 0 Å². The summed E-state index contributed by atoms with van der Waals surface area (Å²) < 4.78 is 0. The molecule has 0 unspecified atom stereocenters. The number of hydrogen-bond donors (Lipinski definition) is 0. The number of aryl methyl sites for hydroxylation is 1. The van der Waals surface area contributed by atoms with Gasteiger partial charge in [0.25, 0.3) is 0 Å². The highest BCUT2D eigenvalue weighted by Gasteiger charge is 2.27. The molecule has 3 heteroatoms. The average Bonchev–Trinajstić information content (AvgIpc) is 3.16. The molecular formula is C46H61N3. The molecule has 3 aromatic rings. The Morgan fingerprint density at radius 2 is 0.755 bits per heavy atom. The van der Waals surface area contributed by atoms with Crippen LogP contribution in [0.4, 0.5) is 11.4 Å². The van der Waals surface area contributed by atoms with Crippen molar-refractivity contribution in [2.24, 2.45) is 9.98 Å². The van der Waals surface area contributed by atoms with E-state index in [0.717, 1.165) is 22.8 Å².